The quantitative estimate of drug-likeness (QED) is 0.817. The van der Waals surface area contributed by atoms with Crippen molar-refractivity contribution in [3.63, 3.8) is 0 Å². The summed E-state index contributed by atoms with van der Waals surface area (Å²) in [7, 11) is -3.60. The van der Waals surface area contributed by atoms with E-state index in [9.17, 15) is 13.7 Å². The lowest BCUT2D eigenvalue weighted by atomic mass is 9.59. The van der Waals surface area contributed by atoms with Crippen LogP contribution < -0.4 is 0 Å². The van der Waals surface area contributed by atoms with Crippen LogP contribution in [0.4, 0.5) is 0 Å². The highest BCUT2D eigenvalue weighted by molar-refractivity contribution is 9.10. The molecule has 1 aromatic rings. The number of hydrogen-bond acceptors (Lipinski definition) is 3. The molecule has 0 amide bonds. The van der Waals surface area contributed by atoms with Crippen LogP contribution in [0.5, 0.6) is 0 Å². The molecule has 0 atom stereocenters. The number of nitriles is 1. The zero-order chi connectivity index (χ0) is 15.0. The third kappa shape index (κ3) is 2.19. The molecule has 0 aliphatic heterocycles. The minimum atomic E-state index is -3.60. The Morgan fingerprint density at radius 3 is 2.10 bits per heavy atom. The summed E-state index contributed by atoms with van der Waals surface area (Å²) in [6.45, 7) is 4.13. The van der Waals surface area contributed by atoms with E-state index in [1.807, 2.05) is 0 Å². The first kappa shape index (κ1) is 15.5. The average Bonchev–Trinajstić information content (AvgIpc) is 2.40. The van der Waals surface area contributed by atoms with Crippen molar-refractivity contribution in [3.8, 4) is 6.07 Å². The summed E-state index contributed by atoms with van der Waals surface area (Å²) in [6.07, 6.45) is 2.73. The fourth-order valence-electron chi connectivity index (χ4n) is 3.08. The SMILES string of the molecule is CCC1(CC)CC(C#N)(S(=O)(=O)c2ccc(Br)cc2)C1. The first-order chi connectivity index (χ1) is 9.35. The Balaban J connectivity index is 2.39. The van der Waals surface area contributed by atoms with Crippen molar-refractivity contribution in [3.05, 3.63) is 28.7 Å². The first-order valence-electron chi connectivity index (χ1n) is 6.76. The molecular formula is C15H18BrNO2S. The Morgan fingerprint density at radius 1 is 1.20 bits per heavy atom. The van der Waals surface area contributed by atoms with E-state index in [-0.39, 0.29) is 10.3 Å². The van der Waals surface area contributed by atoms with Gasteiger partial charge in [-0.15, -0.1) is 0 Å². The Kier molecular flexibility index (Phi) is 4.01. The Morgan fingerprint density at radius 2 is 1.70 bits per heavy atom. The second kappa shape index (κ2) is 5.16. The number of hydrogen-bond donors (Lipinski definition) is 0. The first-order valence-corrected chi connectivity index (χ1v) is 9.04. The molecule has 2 rings (SSSR count). The van der Waals surface area contributed by atoms with E-state index in [1.165, 1.54) is 0 Å². The molecule has 108 valence electrons. The van der Waals surface area contributed by atoms with Crippen LogP contribution in [0.1, 0.15) is 39.5 Å². The Bertz CT molecular complexity index is 631. The van der Waals surface area contributed by atoms with Crippen LogP contribution in [0.2, 0.25) is 0 Å². The van der Waals surface area contributed by atoms with Gasteiger partial charge in [0, 0.05) is 4.47 Å². The van der Waals surface area contributed by atoms with Gasteiger partial charge in [0.15, 0.2) is 14.6 Å². The molecule has 1 saturated carbocycles. The highest BCUT2D eigenvalue weighted by atomic mass is 79.9. The van der Waals surface area contributed by atoms with Gasteiger partial charge in [-0.25, -0.2) is 8.42 Å². The van der Waals surface area contributed by atoms with Gasteiger partial charge in [0.05, 0.1) is 11.0 Å². The van der Waals surface area contributed by atoms with Crippen molar-refractivity contribution >= 4 is 25.8 Å². The third-order valence-corrected chi connectivity index (χ3v) is 7.49. The summed E-state index contributed by atoms with van der Waals surface area (Å²) in [5, 5.41) is 9.47. The van der Waals surface area contributed by atoms with Crippen LogP contribution in [-0.4, -0.2) is 13.2 Å². The molecule has 0 heterocycles. The molecule has 1 aliphatic carbocycles. The zero-order valence-corrected chi connectivity index (χ0v) is 14.1. The lowest BCUT2D eigenvalue weighted by Gasteiger charge is -2.51. The van der Waals surface area contributed by atoms with Crippen molar-refractivity contribution in [2.45, 2.75) is 49.2 Å². The highest BCUT2D eigenvalue weighted by Crippen LogP contribution is 2.57. The van der Waals surface area contributed by atoms with E-state index in [0.717, 1.165) is 17.3 Å². The van der Waals surface area contributed by atoms with Crippen LogP contribution in [0.3, 0.4) is 0 Å². The van der Waals surface area contributed by atoms with Gasteiger partial charge in [-0.1, -0.05) is 42.6 Å². The van der Waals surface area contributed by atoms with Gasteiger partial charge >= 0.3 is 0 Å². The maximum atomic E-state index is 12.8. The van der Waals surface area contributed by atoms with Gasteiger partial charge in [0.2, 0.25) is 0 Å². The molecule has 0 bridgehead atoms. The molecule has 0 N–H and O–H groups in total. The van der Waals surface area contributed by atoms with Crippen LogP contribution in [0.15, 0.2) is 33.6 Å². The monoisotopic (exact) mass is 355 g/mol. The molecule has 0 aromatic heterocycles. The van der Waals surface area contributed by atoms with Crippen molar-refractivity contribution in [1.82, 2.24) is 0 Å². The van der Waals surface area contributed by atoms with Crippen LogP contribution in [-0.2, 0) is 9.84 Å². The summed E-state index contributed by atoms with van der Waals surface area (Å²) >= 11 is 3.29. The molecule has 0 unspecified atom stereocenters. The fourth-order valence-corrected chi connectivity index (χ4v) is 5.40. The third-order valence-electron chi connectivity index (χ3n) is 4.66. The molecule has 5 heteroatoms. The number of rotatable bonds is 4. The topological polar surface area (TPSA) is 57.9 Å². The molecule has 1 fully saturated rings. The number of sulfone groups is 1. The predicted molar refractivity (Wildman–Crippen MR) is 81.9 cm³/mol. The predicted octanol–water partition coefficient (Wildman–Crippen LogP) is 4.09. The smallest absolute Gasteiger partial charge is 0.197 e. The van der Waals surface area contributed by atoms with Crippen molar-refractivity contribution in [1.29, 1.82) is 5.26 Å². The second-order valence-corrected chi connectivity index (χ2v) is 8.80. The lowest BCUT2D eigenvalue weighted by molar-refractivity contribution is 0.0927. The minimum absolute atomic E-state index is 0.0121. The van der Waals surface area contributed by atoms with E-state index < -0.39 is 14.6 Å². The van der Waals surface area contributed by atoms with Crippen molar-refractivity contribution < 1.29 is 8.42 Å². The lowest BCUT2D eigenvalue weighted by Crippen LogP contribution is -2.55. The summed E-state index contributed by atoms with van der Waals surface area (Å²) in [5.74, 6) is 0. The molecule has 0 spiro atoms. The molecule has 1 aromatic carbocycles. The van der Waals surface area contributed by atoms with E-state index in [4.69, 9.17) is 0 Å². The molecule has 0 radical (unpaired) electrons. The highest BCUT2D eigenvalue weighted by Gasteiger charge is 2.61. The Hall–Kier alpha value is -0.860. The van der Waals surface area contributed by atoms with Gasteiger partial charge in [0.25, 0.3) is 0 Å². The van der Waals surface area contributed by atoms with Gasteiger partial charge in [-0.2, -0.15) is 5.26 Å². The second-order valence-electron chi connectivity index (χ2n) is 5.62. The summed E-state index contributed by atoms with van der Waals surface area (Å²) < 4.78 is 25.1. The van der Waals surface area contributed by atoms with E-state index in [2.05, 4.69) is 35.8 Å². The Labute approximate surface area is 129 Å². The summed E-state index contributed by atoms with van der Waals surface area (Å²) in [5.41, 5.74) is 0.0121. The normalized spacial score (nSPS) is 19.9. The van der Waals surface area contributed by atoms with Gasteiger partial charge < -0.3 is 0 Å². The van der Waals surface area contributed by atoms with Gasteiger partial charge in [-0.3, -0.25) is 0 Å². The number of halogens is 1. The zero-order valence-electron chi connectivity index (χ0n) is 11.7. The van der Waals surface area contributed by atoms with Crippen LogP contribution >= 0.6 is 15.9 Å². The van der Waals surface area contributed by atoms with Crippen LogP contribution in [0.25, 0.3) is 0 Å². The fraction of sp³-hybridized carbons (Fsp3) is 0.533. The van der Waals surface area contributed by atoms with E-state index >= 15 is 0 Å². The van der Waals surface area contributed by atoms with Crippen molar-refractivity contribution in [2.24, 2.45) is 5.41 Å². The molecule has 0 saturated heterocycles. The maximum Gasteiger partial charge on any atom is 0.197 e. The maximum absolute atomic E-state index is 12.8. The molecule has 3 nitrogen and oxygen atoms in total. The number of benzene rings is 1. The van der Waals surface area contributed by atoms with Crippen LogP contribution in [0, 0.1) is 16.7 Å². The van der Waals surface area contributed by atoms with E-state index in [1.54, 1.807) is 24.3 Å². The summed E-state index contributed by atoms with van der Waals surface area (Å²) in [6, 6.07) is 8.62. The van der Waals surface area contributed by atoms with Crippen molar-refractivity contribution in [2.75, 3.05) is 0 Å². The molecule has 1 aliphatic rings. The minimum Gasteiger partial charge on any atom is -0.222 e. The largest absolute Gasteiger partial charge is 0.222 e. The standard InChI is InChI=1S/C15H18BrNO2S/c1-3-14(4-2)9-15(10-14,11-17)20(18,19)13-7-5-12(16)6-8-13/h5-8H,3-4,9-10H2,1-2H3. The van der Waals surface area contributed by atoms with Gasteiger partial charge in [-0.05, 0) is 42.5 Å². The average molecular weight is 356 g/mol. The molecular weight excluding hydrogens is 338 g/mol. The molecule has 20 heavy (non-hydrogen) atoms. The summed E-state index contributed by atoms with van der Waals surface area (Å²) in [4.78, 5) is 0.239. The van der Waals surface area contributed by atoms with Gasteiger partial charge in [0.1, 0.15) is 0 Å². The van der Waals surface area contributed by atoms with E-state index in [0.29, 0.717) is 12.8 Å². The number of nitrogens with zero attached hydrogens (tertiary/aromatic N) is 1.